The summed E-state index contributed by atoms with van der Waals surface area (Å²) in [5.41, 5.74) is 7.08. The average molecular weight is 235 g/mol. The zero-order valence-electron chi connectivity index (χ0n) is 8.92. The molecular formula is C11H13N3OS. The predicted molar refractivity (Wildman–Crippen MR) is 64.1 cm³/mol. The van der Waals surface area contributed by atoms with Crippen LogP contribution in [0.3, 0.4) is 0 Å². The molecule has 0 fully saturated rings. The van der Waals surface area contributed by atoms with Gasteiger partial charge in [0.15, 0.2) is 0 Å². The van der Waals surface area contributed by atoms with E-state index in [4.69, 9.17) is 5.73 Å². The molecule has 2 aromatic heterocycles. The number of aliphatic hydroxyl groups is 1. The second kappa shape index (κ2) is 4.69. The number of aliphatic hydroxyl groups excluding tert-OH is 1. The molecular weight excluding hydrogens is 222 g/mol. The minimum Gasteiger partial charge on any atom is -0.386 e. The molecule has 0 aromatic carbocycles. The first-order valence-corrected chi connectivity index (χ1v) is 5.81. The average Bonchev–Trinajstić information content (AvgIpc) is 2.71. The molecule has 2 heterocycles. The summed E-state index contributed by atoms with van der Waals surface area (Å²) >= 11 is 1.44. The molecule has 84 valence electrons. The van der Waals surface area contributed by atoms with Crippen molar-refractivity contribution < 1.29 is 5.11 Å². The number of rotatable bonds is 3. The molecule has 2 rings (SSSR count). The minimum atomic E-state index is -0.630. The Morgan fingerprint density at radius 3 is 2.94 bits per heavy atom. The van der Waals surface area contributed by atoms with E-state index in [1.54, 1.807) is 6.20 Å². The lowest BCUT2D eigenvalue weighted by Gasteiger charge is -2.03. The van der Waals surface area contributed by atoms with Gasteiger partial charge in [-0.3, -0.25) is 4.98 Å². The molecule has 5 heteroatoms. The smallest absolute Gasteiger partial charge is 0.142 e. The molecule has 0 bridgehead atoms. The Kier molecular flexibility index (Phi) is 3.28. The molecule has 3 N–H and O–H groups in total. The maximum atomic E-state index is 9.70. The highest BCUT2D eigenvalue weighted by Crippen LogP contribution is 2.30. The predicted octanol–water partition coefficient (Wildman–Crippen LogP) is 1.51. The van der Waals surface area contributed by atoms with Crippen LogP contribution in [0.2, 0.25) is 0 Å². The summed E-state index contributed by atoms with van der Waals surface area (Å²) in [6.45, 7) is 2.09. The van der Waals surface area contributed by atoms with E-state index in [-0.39, 0.29) is 6.54 Å². The van der Waals surface area contributed by atoms with E-state index >= 15 is 0 Å². The molecule has 1 atom stereocenters. The molecule has 4 nitrogen and oxygen atoms in total. The summed E-state index contributed by atoms with van der Waals surface area (Å²) in [6, 6.07) is 5.68. The van der Waals surface area contributed by atoms with Crippen molar-refractivity contribution in [3.05, 3.63) is 35.0 Å². The van der Waals surface area contributed by atoms with Crippen molar-refractivity contribution in [1.29, 1.82) is 0 Å². The Morgan fingerprint density at radius 1 is 1.50 bits per heavy atom. The molecule has 0 aliphatic heterocycles. The van der Waals surface area contributed by atoms with Crippen LogP contribution in [0, 0.1) is 6.92 Å². The lowest BCUT2D eigenvalue weighted by atomic mass is 10.2. The normalized spacial score (nSPS) is 12.7. The highest BCUT2D eigenvalue weighted by molar-refractivity contribution is 7.15. The van der Waals surface area contributed by atoms with Gasteiger partial charge in [-0.1, -0.05) is 6.07 Å². The van der Waals surface area contributed by atoms with Gasteiger partial charge in [0, 0.05) is 12.7 Å². The molecule has 1 unspecified atom stereocenters. The van der Waals surface area contributed by atoms with Gasteiger partial charge in [-0.15, -0.1) is 11.3 Å². The lowest BCUT2D eigenvalue weighted by molar-refractivity contribution is 0.189. The molecule has 16 heavy (non-hydrogen) atoms. The Morgan fingerprint density at radius 2 is 2.31 bits per heavy atom. The summed E-state index contributed by atoms with van der Waals surface area (Å²) in [7, 11) is 0. The van der Waals surface area contributed by atoms with Gasteiger partial charge in [-0.2, -0.15) is 0 Å². The summed E-state index contributed by atoms with van der Waals surface area (Å²) in [6.07, 6.45) is 1.10. The van der Waals surface area contributed by atoms with E-state index in [1.807, 2.05) is 25.1 Å². The second-order valence-corrected chi connectivity index (χ2v) is 4.47. The monoisotopic (exact) mass is 235 g/mol. The van der Waals surface area contributed by atoms with Crippen LogP contribution in [0.25, 0.3) is 10.7 Å². The van der Waals surface area contributed by atoms with Crippen LogP contribution in [0.5, 0.6) is 0 Å². The van der Waals surface area contributed by atoms with Gasteiger partial charge in [0.05, 0.1) is 16.3 Å². The quantitative estimate of drug-likeness (QED) is 0.845. The van der Waals surface area contributed by atoms with E-state index in [0.29, 0.717) is 0 Å². The van der Waals surface area contributed by atoms with Crippen molar-refractivity contribution in [2.45, 2.75) is 13.0 Å². The Hall–Kier alpha value is -1.30. The molecule has 0 saturated carbocycles. The number of hydrogen-bond donors (Lipinski definition) is 2. The van der Waals surface area contributed by atoms with Crippen molar-refractivity contribution in [3.8, 4) is 10.7 Å². The second-order valence-electron chi connectivity index (χ2n) is 3.44. The standard InChI is InChI=1S/C11H13N3OS/c1-7-10(9(15)6-12)16-11(14-7)8-4-2-3-5-13-8/h2-5,9,15H,6,12H2,1H3. The lowest BCUT2D eigenvalue weighted by Crippen LogP contribution is -2.10. The van der Waals surface area contributed by atoms with Gasteiger partial charge in [-0.25, -0.2) is 4.98 Å². The van der Waals surface area contributed by atoms with Crippen molar-refractivity contribution in [2.75, 3.05) is 6.54 Å². The van der Waals surface area contributed by atoms with Crippen molar-refractivity contribution in [1.82, 2.24) is 9.97 Å². The maximum absolute atomic E-state index is 9.70. The fourth-order valence-electron chi connectivity index (χ4n) is 1.42. The van der Waals surface area contributed by atoms with Crippen LogP contribution in [-0.4, -0.2) is 21.6 Å². The number of aryl methyl sites for hydroxylation is 1. The van der Waals surface area contributed by atoms with E-state index in [0.717, 1.165) is 21.3 Å². The number of nitrogens with two attached hydrogens (primary N) is 1. The molecule has 0 amide bonds. The van der Waals surface area contributed by atoms with Crippen molar-refractivity contribution in [3.63, 3.8) is 0 Å². The van der Waals surface area contributed by atoms with E-state index in [1.165, 1.54) is 11.3 Å². The van der Waals surface area contributed by atoms with E-state index in [2.05, 4.69) is 9.97 Å². The summed E-state index contributed by atoms with van der Waals surface area (Å²) in [5, 5.41) is 10.5. The topological polar surface area (TPSA) is 72.0 Å². The van der Waals surface area contributed by atoms with Crippen LogP contribution >= 0.6 is 11.3 Å². The third kappa shape index (κ3) is 2.11. The molecule has 0 aliphatic carbocycles. The fraction of sp³-hybridized carbons (Fsp3) is 0.273. The third-order valence-corrected chi connectivity index (χ3v) is 3.52. The Labute approximate surface area is 97.8 Å². The maximum Gasteiger partial charge on any atom is 0.142 e. The molecule has 0 aliphatic rings. The van der Waals surface area contributed by atoms with Crippen LogP contribution in [0.1, 0.15) is 16.7 Å². The highest BCUT2D eigenvalue weighted by atomic mass is 32.1. The summed E-state index contributed by atoms with van der Waals surface area (Å²) in [5.74, 6) is 0. The number of hydrogen-bond acceptors (Lipinski definition) is 5. The minimum absolute atomic E-state index is 0.213. The zero-order chi connectivity index (χ0) is 11.5. The van der Waals surface area contributed by atoms with Crippen molar-refractivity contribution >= 4 is 11.3 Å². The van der Waals surface area contributed by atoms with Gasteiger partial charge in [0.2, 0.25) is 0 Å². The van der Waals surface area contributed by atoms with Gasteiger partial charge >= 0.3 is 0 Å². The van der Waals surface area contributed by atoms with Gasteiger partial charge < -0.3 is 10.8 Å². The summed E-state index contributed by atoms with van der Waals surface area (Å²) < 4.78 is 0. The van der Waals surface area contributed by atoms with E-state index in [9.17, 15) is 5.11 Å². The van der Waals surface area contributed by atoms with Gasteiger partial charge in [0.25, 0.3) is 0 Å². The van der Waals surface area contributed by atoms with Crippen molar-refractivity contribution in [2.24, 2.45) is 5.73 Å². The SMILES string of the molecule is Cc1nc(-c2ccccn2)sc1C(O)CN. The number of thiazole rings is 1. The van der Waals surface area contributed by atoms with Crippen LogP contribution in [0.15, 0.2) is 24.4 Å². The molecule has 0 spiro atoms. The first-order valence-electron chi connectivity index (χ1n) is 4.99. The first-order chi connectivity index (χ1) is 7.72. The zero-order valence-corrected chi connectivity index (χ0v) is 9.74. The molecule has 0 radical (unpaired) electrons. The van der Waals surface area contributed by atoms with Crippen LogP contribution < -0.4 is 5.73 Å². The number of aromatic nitrogens is 2. The Bertz CT molecular complexity index is 469. The van der Waals surface area contributed by atoms with Gasteiger partial charge in [-0.05, 0) is 19.1 Å². The largest absolute Gasteiger partial charge is 0.386 e. The first kappa shape index (κ1) is 11.2. The van der Waals surface area contributed by atoms with Crippen LogP contribution in [-0.2, 0) is 0 Å². The number of nitrogens with zero attached hydrogens (tertiary/aromatic N) is 2. The highest BCUT2D eigenvalue weighted by Gasteiger charge is 2.15. The fourth-order valence-corrected chi connectivity index (χ4v) is 2.47. The summed E-state index contributed by atoms with van der Waals surface area (Å²) in [4.78, 5) is 9.44. The van der Waals surface area contributed by atoms with Crippen LogP contribution in [0.4, 0.5) is 0 Å². The third-order valence-electron chi connectivity index (χ3n) is 2.24. The Balaban J connectivity index is 2.38. The molecule has 2 aromatic rings. The van der Waals surface area contributed by atoms with Gasteiger partial charge in [0.1, 0.15) is 11.1 Å². The van der Waals surface area contributed by atoms with E-state index < -0.39 is 6.10 Å². The molecule has 0 saturated heterocycles. The number of pyridine rings is 1.